The van der Waals surface area contributed by atoms with Crippen LogP contribution in [0, 0.1) is 19.7 Å². The number of nitrogens with zero attached hydrogens (tertiary/aromatic N) is 1. The Morgan fingerprint density at radius 1 is 1.18 bits per heavy atom. The van der Waals surface area contributed by atoms with E-state index in [4.69, 9.17) is 5.73 Å². The normalized spacial score (nSPS) is 10.3. The summed E-state index contributed by atoms with van der Waals surface area (Å²) in [5.74, 6) is 0.450. The zero-order chi connectivity index (χ0) is 12.4. The van der Waals surface area contributed by atoms with Crippen molar-refractivity contribution in [3.63, 3.8) is 0 Å². The fraction of sp³-hybridized carbons (Fsp3) is 0.154. The first kappa shape index (κ1) is 11.4. The Morgan fingerprint density at radius 3 is 2.59 bits per heavy atom. The predicted molar refractivity (Wildman–Crippen MR) is 67.8 cm³/mol. The van der Waals surface area contributed by atoms with Gasteiger partial charge in [0.05, 0.1) is 11.9 Å². The first-order valence-electron chi connectivity index (χ1n) is 5.31. The molecule has 2 aromatic rings. The van der Waals surface area contributed by atoms with E-state index in [-0.39, 0.29) is 5.82 Å². The standard InChI is InChI=1S/C13H14FN3/c1-8-3-4-11(6-12(8)14)17-13-9(2)5-10(15)7-16-13/h3-7H,15H2,1-2H3,(H,16,17). The first-order chi connectivity index (χ1) is 8.06. The lowest BCUT2D eigenvalue weighted by atomic mass is 10.2. The molecule has 0 saturated carbocycles. The second kappa shape index (κ2) is 4.41. The predicted octanol–water partition coefficient (Wildman–Crippen LogP) is 3.16. The van der Waals surface area contributed by atoms with E-state index in [9.17, 15) is 4.39 Å². The maximum atomic E-state index is 13.4. The molecule has 0 saturated heterocycles. The van der Waals surface area contributed by atoms with Crippen molar-refractivity contribution >= 4 is 17.2 Å². The van der Waals surface area contributed by atoms with E-state index in [0.717, 1.165) is 5.56 Å². The molecule has 2 rings (SSSR count). The molecule has 4 heteroatoms. The summed E-state index contributed by atoms with van der Waals surface area (Å²) in [5.41, 5.74) is 8.45. The highest BCUT2D eigenvalue weighted by Crippen LogP contribution is 2.21. The molecule has 88 valence electrons. The molecule has 0 amide bonds. The minimum atomic E-state index is -0.233. The monoisotopic (exact) mass is 231 g/mol. The third kappa shape index (κ3) is 2.53. The Hall–Kier alpha value is -2.10. The Balaban J connectivity index is 2.28. The van der Waals surface area contributed by atoms with Crippen molar-refractivity contribution in [1.29, 1.82) is 0 Å². The van der Waals surface area contributed by atoms with Crippen LogP contribution in [-0.2, 0) is 0 Å². The highest BCUT2D eigenvalue weighted by atomic mass is 19.1. The van der Waals surface area contributed by atoms with Gasteiger partial charge >= 0.3 is 0 Å². The average molecular weight is 231 g/mol. The Labute approximate surface area is 99.5 Å². The molecule has 0 fully saturated rings. The lowest BCUT2D eigenvalue weighted by molar-refractivity contribution is 0.619. The lowest BCUT2D eigenvalue weighted by Crippen LogP contribution is -1.98. The maximum absolute atomic E-state index is 13.4. The van der Waals surface area contributed by atoms with Crippen LogP contribution < -0.4 is 11.1 Å². The molecule has 1 heterocycles. The topological polar surface area (TPSA) is 50.9 Å². The van der Waals surface area contributed by atoms with Gasteiger partial charge < -0.3 is 11.1 Å². The number of pyridine rings is 1. The molecule has 1 aromatic heterocycles. The molecule has 3 N–H and O–H groups in total. The van der Waals surface area contributed by atoms with Crippen LogP contribution in [0.1, 0.15) is 11.1 Å². The molecule has 0 aliphatic heterocycles. The summed E-state index contributed by atoms with van der Waals surface area (Å²) in [5, 5.41) is 3.06. The van der Waals surface area contributed by atoms with Gasteiger partial charge in [-0.2, -0.15) is 0 Å². The highest BCUT2D eigenvalue weighted by Gasteiger charge is 2.03. The van der Waals surface area contributed by atoms with Crippen molar-refractivity contribution in [3.05, 3.63) is 47.4 Å². The van der Waals surface area contributed by atoms with Crippen LogP contribution in [0.3, 0.4) is 0 Å². The minimum Gasteiger partial charge on any atom is -0.397 e. The number of aryl methyl sites for hydroxylation is 2. The number of benzene rings is 1. The van der Waals surface area contributed by atoms with Gasteiger partial charge in [0.15, 0.2) is 0 Å². The summed E-state index contributed by atoms with van der Waals surface area (Å²) < 4.78 is 13.4. The highest BCUT2D eigenvalue weighted by molar-refractivity contribution is 5.61. The number of nitrogens with two attached hydrogens (primary N) is 1. The number of halogens is 1. The number of anilines is 3. The fourth-order valence-electron chi connectivity index (χ4n) is 1.53. The van der Waals surface area contributed by atoms with Crippen LogP contribution in [0.25, 0.3) is 0 Å². The third-order valence-electron chi connectivity index (χ3n) is 2.53. The summed E-state index contributed by atoms with van der Waals surface area (Å²) in [4.78, 5) is 4.17. The van der Waals surface area contributed by atoms with Crippen molar-refractivity contribution < 1.29 is 4.39 Å². The number of rotatable bonds is 2. The van der Waals surface area contributed by atoms with E-state index < -0.39 is 0 Å². The van der Waals surface area contributed by atoms with Crippen LogP contribution in [0.15, 0.2) is 30.5 Å². The molecule has 1 aromatic carbocycles. The molecule has 0 radical (unpaired) electrons. The van der Waals surface area contributed by atoms with Crippen LogP contribution in [0.4, 0.5) is 21.6 Å². The summed E-state index contributed by atoms with van der Waals surface area (Å²) in [7, 11) is 0. The Kier molecular flexibility index (Phi) is 2.95. The van der Waals surface area contributed by atoms with Gasteiger partial charge in [-0.25, -0.2) is 9.37 Å². The molecular formula is C13H14FN3. The van der Waals surface area contributed by atoms with Gasteiger partial charge in [0, 0.05) is 5.69 Å². The number of nitrogen functional groups attached to an aromatic ring is 1. The smallest absolute Gasteiger partial charge is 0.133 e. The molecular weight excluding hydrogens is 217 g/mol. The van der Waals surface area contributed by atoms with E-state index in [1.165, 1.54) is 6.07 Å². The third-order valence-corrected chi connectivity index (χ3v) is 2.53. The summed E-state index contributed by atoms with van der Waals surface area (Å²) in [6.07, 6.45) is 1.57. The zero-order valence-electron chi connectivity index (χ0n) is 9.79. The van der Waals surface area contributed by atoms with Gasteiger partial charge in [0.25, 0.3) is 0 Å². The van der Waals surface area contributed by atoms with Crippen LogP contribution >= 0.6 is 0 Å². The zero-order valence-corrected chi connectivity index (χ0v) is 9.79. The van der Waals surface area contributed by atoms with E-state index in [2.05, 4.69) is 10.3 Å². The molecule has 0 atom stereocenters. The first-order valence-corrected chi connectivity index (χ1v) is 5.31. The van der Waals surface area contributed by atoms with Crippen molar-refractivity contribution in [2.45, 2.75) is 13.8 Å². The van der Waals surface area contributed by atoms with Crippen molar-refractivity contribution in [3.8, 4) is 0 Å². The number of hydrogen-bond acceptors (Lipinski definition) is 3. The van der Waals surface area contributed by atoms with Crippen LogP contribution in [0.5, 0.6) is 0 Å². The van der Waals surface area contributed by atoms with Crippen LogP contribution in [0.2, 0.25) is 0 Å². The Morgan fingerprint density at radius 2 is 1.94 bits per heavy atom. The van der Waals surface area contributed by atoms with E-state index >= 15 is 0 Å². The quantitative estimate of drug-likeness (QED) is 0.834. The van der Waals surface area contributed by atoms with Gasteiger partial charge in [-0.05, 0) is 43.2 Å². The summed E-state index contributed by atoms with van der Waals surface area (Å²) in [6.45, 7) is 3.63. The molecule has 3 nitrogen and oxygen atoms in total. The molecule has 0 aliphatic carbocycles. The van der Waals surface area contributed by atoms with E-state index in [1.54, 1.807) is 19.2 Å². The SMILES string of the molecule is Cc1ccc(Nc2ncc(N)cc2C)cc1F. The molecule has 0 bridgehead atoms. The lowest BCUT2D eigenvalue weighted by Gasteiger charge is -2.09. The number of nitrogens with one attached hydrogen (secondary N) is 1. The largest absolute Gasteiger partial charge is 0.397 e. The molecule has 17 heavy (non-hydrogen) atoms. The van der Waals surface area contributed by atoms with Gasteiger partial charge in [0.1, 0.15) is 11.6 Å². The molecule has 0 spiro atoms. The van der Waals surface area contributed by atoms with Crippen molar-refractivity contribution in [1.82, 2.24) is 4.98 Å². The second-order valence-electron chi connectivity index (χ2n) is 4.02. The second-order valence-corrected chi connectivity index (χ2v) is 4.02. The van der Waals surface area contributed by atoms with Gasteiger partial charge in [-0.15, -0.1) is 0 Å². The molecule has 0 unspecified atom stereocenters. The van der Waals surface area contributed by atoms with Crippen LogP contribution in [-0.4, -0.2) is 4.98 Å². The van der Waals surface area contributed by atoms with Gasteiger partial charge in [0.2, 0.25) is 0 Å². The van der Waals surface area contributed by atoms with Gasteiger partial charge in [-0.3, -0.25) is 0 Å². The van der Waals surface area contributed by atoms with E-state index in [1.807, 2.05) is 19.1 Å². The number of hydrogen-bond donors (Lipinski definition) is 2. The maximum Gasteiger partial charge on any atom is 0.133 e. The summed E-state index contributed by atoms with van der Waals surface area (Å²) >= 11 is 0. The minimum absolute atomic E-state index is 0.233. The fourth-order valence-corrected chi connectivity index (χ4v) is 1.53. The average Bonchev–Trinajstić information content (AvgIpc) is 2.27. The summed E-state index contributed by atoms with van der Waals surface area (Å²) in [6, 6.07) is 6.81. The van der Waals surface area contributed by atoms with Gasteiger partial charge in [-0.1, -0.05) is 6.07 Å². The molecule has 0 aliphatic rings. The van der Waals surface area contributed by atoms with Crippen molar-refractivity contribution in [2.24, 2.45) is 0 Å². The van der Waals surface area contributed by atoms with Crippen molar-refractivity contribution in [2.75, 3.05) is 11.1 Å². The number of aromatic nitrogens is 1. The van der Waals surface area contributed by atoms with E-state index in [0.29, 0.717) is 22.8 Å². The Bertz CT molecular complexity index is 552.